The van der Waals surface area contributed by atoms with Gasteiger partial charge in [-0.25, -0.2) is 4.79 Å². The number of carbonyl (C=O) groups excluding carboxylic acids is 1. The Kier molecular flexibility index (Phi) is 5.97. The molecule has 0 spiro atoms. The third kappa shape index (κ3) is 4.59. The molecule has 0 saturated heterocycles. The van der Waals surface area contributed by atoms with E-state index in [1.807, 2.05) is 46.8 Å². The molecule has 26 heavy (non-hydrogen) atoms. The maximum atomic E-state index is 12.3. The van der Waals surface area contributed by atoms with E-state index in [0.717, 1.165) is 16.7 Å². The fourth-order valence-corrected chi connectivity index (χ4v) is 2.64. The molecule has 0 aliphatic carbocycles. The van der Waals surface area contributed by atoms with Crippen LogP contribution in [0.25, 0.3) is 0 Å². The molecule has 0 aliphatic rings. The molecule has 0 aliphatic heterocycles. The van der Waals surface area contributed by atoms with E-state index >= 15 is 0 Å². The maximum absolute atomic E-state index is 12.3. The molecule has 138 valence electrons. The minimum atomic E-state index is -0.869. The van der Waals surface area contributed by atoms with Crippen molar-refractivity contribution in [2.24, 2.45) is 0 Å². The maximum Gasteiger partial charge on any atom is 0.519 e. The summed E-state index contributed by atoms with van der Waals surface area (Å²) in [6, 6.07) is 9.28. The monoisotopic (exact) mass is 357 g/mol. The number of hydrogen-bond acceptors (Lipinski definition) is 5. The molecule has 0 N–H and O–H groups in total. The summed E-state index contributed by atoms with van der Waals surface area (Å²) in [5.41, 5.74) is 2.91. The van der Waals surface area contributed by atoms with Crippen LogP contribution in [0.5, 0.6) is 11.5 Å². The Balaban J connectivity index is 2.26. The van der Waals surface area contributed by atoms with Crippen molar-refractivity contribution in [1.82, 2.24) is 0 Å². The van der Waals surface area contributed by atoms with E-state index in [4.69, 9.17) is 9.47 Å². The number of benzene rings is 2. The molecule has 0 bridgehead atoms. The highest BCUT2D eigenvalue weighted by Crippen LogP contribution is 2.36. The van der Waals surface area contributed by atoms with Gasteiger partial charge in [0.1, 0.15) is 11.5 Å². The topological polar surface area (TPSA) is 78.7 Å². The first-order valence-corrected chi connectivity index (χ1v) is 8.47. The van der Waals surface area contributed by atoms with Crippen LogP contribution in [0.15, 0.2) is 36.4 Å². The van der Waals surface area contributed by atoms with Gasteiger partial charge in [-0.2, -0.15) is 0 Å². The molecule has 2 rings (SSSR count). The number of nitrogens with zero attached hydrogens (tertiary/aromatic N) is 1. The van der Waals surface area contributed by atoms with E-state index < -0.39 is 11.1 Å². The molecule has 0 unspecified atom stereocenters. The lowest BCUT2D eigenvalue weighted by Crippen LogP contribution is -2.16. The van der Waals surface area contributed by atoms with E-state index in [1.165, 1.54) is 24.3 Å². The van der Waals surface area contributed by atoms with Gasteiger partial charge in [0.05, 0.1) is 4.92 Å². The molecule has 0 saturated carbocycles. The second-order valence-electron chi connectivity index (χ2n) is 6.79. The summed E-state index contributed by atoms with van der Waals surface area (Å²) in [4.78, 5) is 22.4. The first-order valence-electron chi connectivity index (χ1n) is 8.47. The third-order valence-electron chi connectivity index (χ3n) is 3.97. The SMILES string of the molecule is Cc1cc(C(C)C)c(OC(=O)Oc2ccc([N+](=O)[O-])cc2)c(C(C)C)c1. The Morgan fingerprint density at radius 2 is 1.46 bits per heavy atom. The fraction of sp³-hybridized carbons (Fsp3) is 0.350. The van der Waals surface area contributed by atoms with E-state index in [1.54, 1.807) is 0 Å². The summed E-state index contributed by atoms with van der Waals surface area (Å²) in [6.45, 7) is 10.2. The summed E-state index contributed by atoms with van der Waals surface area (Å²) in [7, 11) is 0. The van der Waals surface area contributed by atoms with Gasteiger partial charge in [0.2, 0.25) is 0 Å². The lowest BCUT2D eigenvalue weighted by molar-refractivity contribution is -0.384. The van der Waals surface area contributed by atoms with Crippen LogP contribution >= 0.6 is 0 Å². The van der Waals surface area contributed by atoms with Crippen LogP contribution in [-0.2, 0) is 0 Å². The molecule has 0 aromatic heterocycles. The van der Waals surface area contributed by atoms with Gasteiger partial charge in [-0.15, -0.1) is 0 Å². The Bertz CT molecular complexity index is 780. The van der Waals surface area contributed by atoms with Gasteiger partial charge in [0.15, 0.2) is 0 Å². The van der Waals surface area contributed by atoms with Crippen LogP contribution < -0.4 is 9.47 Å². The predicted octanol–water partition coefficient (Wildman–Crippen LogP) is 5.73. The summed E-state index contributed by atoms with van der Waals surface area (Å²) in [5, 5.41) is 10.7. The summed E-state index contributed by atoms with van der Waals surface area (Å²) >= 11 is 0. The second kappa shape index (κ2) is 7.99. The number of rotatable bonds is 5. The molecule has 0 atom stereocenters. The van der Waals surface area contributed by atoms with Crippen LogP contribution in [0.2, 0.25) is 0 Å². The van der Waals surface area contributed by atoms with Crippen LogP contribution in [-0.4, -0.2) is 11.1 Å². The normalized spacial score (nSPS) is 10.9. The molecule has 2 aromatic rings. The number of nitro groups is 1. The van der Waals surface area contributed by atoms with Crippen molar-refractivity contribution >= 4 is 11.8 Å². The number of aryl methyl sites for hydroxylation is 1. The smallest absolute Gasteiger partial charge is 0.395 e. The van der Waals surface area contributed by atoms with Crippen molar-refractivity contribution in [2.75, 3.05) is 0 Å². The van der Waals surface area contributed by atoms with E-state index in [0.29, 0.717) is 5.75 Å². The van der Waals surface area contributed by atoms with Crippen molar-refractivity contribution in [3.63, 3.8) is 0 Å². The van der Waals surface area contributed by atoms with Gasteiger partial charge in [-0.1, -0.05) is 45.4 Å². The first-order chi connectivity index (χ1) is 12.2. The third-order valence-corrected chi connectivity index (χ3v) is 3.97. The van der Waals surface area contributed by atoms with Crippen molar-refractivity contribution in [3.05, 3.63) is 63.2 Å². The Morgan fingerprint density at radius 3 is 1.88 bits per heavy atom. The van der Waals surface area contributed by atoms with E-state index in [2.05, 4.69) is 0 Å². The van der Waals surface area contributed by atoms with Crippen molar-refractivity contribution in [3.8, 4) is 11.5 Å². The zero-order valence-corrected chi connectivity index (χ0v) is 15.6. The number of nitro benzene ring substituents is 1. The highest BCUT2D eigenvalue weighted by Gasteiger charge is 2.20. The van der Waals surface area contributed by atoms with Gasteiger partial charge in [0, 0.05) is 12.1 Å². The molecule has 6 nitrogen and oxygen atoms in total. The minimum Gasteiger partial charge on any atom is -0.395 e. The highest BCUT2D eigenvalue weighted by atomic mass is 16.7. The largest absolute Gasteiger partial charge is 0.519 e. The van der Waals surface area contributed by atoms with Crippen molar-refractivity contribution in [1.29, 1.82) is 0 Å². The van der Waals surface area contributed by atoms with Gasteiger partial charge in [-0.3, -0.25) is 10.1 Å². The van der Waals surface area contributed by atoms with E-state index in [-0.39, 0.29) is 23.3 Å². The quantitative estimate of drug-likeness (QED) is 0.295. The van der Waals surface area contributed by atoms with Crippen LogP contribution in [0, 0.1) is 17.0 Å². The Labute approximate surface area is 152 Å². The van der Waals surface area contributed by atoms with Gasteiger partial charge in [-0.05, 0) is 42.0 Å². The molecule has 0 heterocycles. The number of non-ortho nitro benzene ring substituents is 1. The Hall–Kier alpha value is -2.89. The number of carbonyl (C=O) groups is 1. The number of ether oxygens (including phenoxy) is 2. The highest BCUT2D eigenvalue weighted by molar-refractivity contribution is 5.69. The van der Waals surface area contributed by atoms with Gasteiger partial charge >= 0.3 is 6.16 Å². The molecule has 6 heteroatoms. The predicted molar refractivity (Wildman–Crippen MR) is 99.1 cm³/mol. The van der Waals surface area contributed by atoms with E-state index in [9.17, 15) is 14.9 Å². The molecule has 2 aromatic carbocycles. The lowest BCUT2D eigenvalue weighted by atomic mass is 9.92. The second-order valence-corrected chi connectivity index (χ2v) is 6.79. The lowest BCUT2D eigenvalue weighted by Gasteiger charge is -2.19. The first kappa shape index (κ1) is 19.4. The fourth-order valence-electron chi connectivity index (χ4n) is 2.64. The zero-order valence-electron chi connectivity index (χ0n) is 15.6. The Morgan fingerprint density at radius 1 is 0.962 bits per heavy atom. The van der Waals surface area contributed by atoms with Crippen LogP contribution in [0.1, 0.15) is 56.2 Å². The van der Waals surface area contributed by atoms with Gasteiger partial charge in [0.25, 0.3) is 5.69 Å². The summed E-state index contributed by atoms with van der Waals surface area (Å²) < 4.78 is 10.7. The molecular formula is C20H23NO5. The summed E-state index contributed by atoms with van der Waals surface area (Å²) in [5.74, 6) is 1.06. The number of hydrogen-bond donors (Lipinski definition) is 0. The summed E-state index contributed by atoms with van der Waals surface area (Å²) in [6.07, 6.45) is -0.869. The molecule has 0 radical (unpaired) electrons. The van der Waals surface area contributed by atoms with Crippen LogP contribution in [0.3, 0.4) is 0 Å². The molecular weight excluding hydrogens is 334 g/mol. The standard InChI is InChI=1S/C20H23NO5/c1-12(2)17-10-14(5)11-18(13(3)4)19(17)26-20(22)25-16-8-6-15(7-9-16)21(23)24/h6-13H,1-5H3. The van der Waals surface area contributed by atoms with Gasteiger partial charge < -0.3 is 9.47 Å². The van der Waals surface area contributed by atoms with Crippen molar-refractivity contribution in [2.45, 2.75) is 46.5 Å². The minimum absolute atomic E-state index is 0.0755. The molecule has 0 fully saturated rings. The molecule has 0 amide bonds. The zero-order chi connectivity index (χ0) is 19.4. The average molecular weight is 357 g/mol. The van der Waals surface area contributed by atoms with Crippen LogP contribution in [0.4, 0.5) is 10.5 Å². The average Bonchev–Trinajstić information content (AvgIpc) is 2.56. The van der Waals surface area contributed by atoms with Crippen molar-refractivity contribution < 1.29 is 19.2 Å².